The molecule has 0 aromatic heterocycles. The highest BCUT2D eigenvalue weighted by molar-refractivity contribution is 4.86. The second-order valence-corrected chi connectivity index (χ2v) is 5.66. The maximum absolute atomic E-state index is 2.40. The smallest absolute Gasteiger partial charge is 0.0280 e. The normalized spacial score (nSPS) is 12.9. The van der Waals surface area contributed by atoms with E-state index >= 15 is 0 Å². The number of rotatable bonds is 3. The van der Waals surface area contributed by atoms with Gasteiger partial charge in [-0.3, -0.25) is 0 Å². The van der Waals surface area contributed by atoms with Crippen LogP contribution in [0.4, 0.5) is 0 Å². The van der Waals surface area contributed by atoms with Gasteiger partial charge in [-0.1, -0.05) is 89.0 Å². The van der Waals surface area contributed by atoms with E-state index < -0.39 is 0 Å². The van der Waals surface area contributed by atoms with Gasteiger partial charge in [-0.25, -0.2) is 0 Å². The van der Waals surface area contributed by atoms with Crippen LogP contribution in [0.15, 0.2) is 0 Å². The van der Waals surface area contributed by atoms with Crippen LogP contribution in [0.1, 0.15) is 89.0 Å². The molecule has 0 fully saturated rings. The van der Waals surface area contributed by atoms with Gasteiger partial charge in [0.1, 0.15) is 0 Å². The summed E-state index contributed by atoms with van der Waals surface area (Å²) in [6, 6.07) is 0. The Morgan fingerprint density at radius 3 is 1.31 bits per heavy atom. The maximum Gasteiger partial charge on any atom is -0.0280 e. The van der Waals surface area contributed by atoms with E-state index in [1.54, 1.807) is 0 Å². The molecule has 0 radical (unpaired) electrons. The molecule has 0 saturated carbocycles. The first-order chi connectivity index (χ1) is 7.23. The van der Waals surface area contributed by atoms with Gasteiger partial charge in [0.05, 0.1) is 0 Å². The third kappa shape index (κ3) is 7.30. The van der Waals surface area contributed by atoms with E-state index in [2.05, 4.69) is 48.5 Å². The lowest BCUT2D eigenvalue weighted by Gasteiger charge is -2.44. The van der Waals surface area contributed by atoms with Gasteiger partial charge < -0.3 is 0 Å². The van der Waals surface area contributed by atoms with Crippen LogP contribution in [0.3, 0.4) is 0 Å². The molecule has 0 heteroatoms. The van der Waals surface area contributed by atoms with E-state index in [9.17, 15) is 0 Å². The molecular weight excluding hydrogens is 192 g/mol. The van der Waals surface area contributed by atoms with Crippen LogP contribution in [0.5, 0.6) is 0 Å². The molecule has 0 rings (SSSR count). The van der Waals surface area contributed by atoms with Gasteiger partial charge in [0.25, 0.3) is 0 Å². The fourth-order valence-corrected chi connectivity index (χ4v) is 1.53. The summed E-state index contributed by atoms with van der Waals surface area (Å²) in [7, 11) is 0. The van der Waals surface area contributed by atoms with Crippen LogP contribution in [-0.4, -0.2) is 0 Å². The Bertz CT molecular complexity index is 125. The standard InChI is InChI=1S/C12H26.2C2H6/c1-8-9-10(2)12(6,7)11(3,4)5;2*1-2/h10H,8-9H2,1-7H3;2*1-2H3. The van der Waals surface area contributed by atoms with Gasteiger partial charge in [0, 0.05) is 0 Å². The molecule has 0 bridgehead atoms. The zero-order valence-corrected chi connectivity index (χ0v) is 14.0. The van der Waals surface area contributed by atoms with Crippen molar-refractivity contribution in [2.75, 3.05) is 0 Å². The predicted molar refractivity (Wildman–Crippen MR) is 80.0 cm³/mol. The lowest BCUT2D eigenvalue weighted by atomic mass is 9.62. The van der Waals surface area contributed by atoms with Crippen molar-refractivity contribution in [3.8, 4) is 0 Å². The van der Waals surface area contributed by atoms with Crippen LogP contribution in [-0.2, 0) is 0 Å². The van der Waals surface area contributed by atoms with Crippen molar-refractivity contribution in [2.24, 2.45) is 16.7 Å². The second kappa shape index (κ2) is 10.2. The van der Waals surface area contributed by atoms with E-state index in [0.717, 1.165) is 5.92 Å². The molecule has 0 heterocycles. The van der Waals surface area contributed by atoms with E-state index in [4.69, 9.17) is 0 Å². The molecular formula is C16H38. The van der Waals surface area contributed by atoms with Gasteiger partial charge in [-0.2, -0.15) is 0 Å². The largest absolute Gasteiger partial charge is 0.0683 e. The Morgan fingerprint density at radius 2 is 1.12 bits per heavy atom. The Morgan fingerprint density at radius 1 is 0.812 bits per heavy atom. The van der Waals surface area contributed by atoms with Crippen molar-refractivity contribution in [1.82, 2.24) is 0 Å². The highest BCUT2D eigenvalue weighted by Crippen LogP contribution is 2.45. The first-order valence-corrected chi connectivity index (χ1v) is 7.23. The summed E-state index contributed by atoms with van der Waals surface area (Å²) in [5, 5.41) is 0. The Hall–Kier alpha value is 0. The maximum atomic E-state index is 2.40. The average Bonchev–Trinajstić information content (AvgIpc) is 2.22. The van der Waals surface area contributed by atoms with Crippen molar-refractivity contribution in [3.05, 3.63) is 0 Å². The Kier molecular flexibility index (Phi) is 13.5. The molecule has 0 aliphatic carbocycles. The fraction of sp³-hybridized carbons (Fsp3) is 1.00. The summed E-state index contributed by atoms with van der Waals surface area (Å²) in [4.78, 5) is 0. The monoisotopic (exact) mass is 230 g/mol. The predicted octanol–water partition coefficient (Wildman–Crippen LogP) is 6.55. The molecule has 0 aliphatic rings. The first kappa shape index (κ1) is 21.3. The van der Waals surface area contributed by atoms with Gasteiger partial charge in [-0.05, 0) is 16.7 Å². The first-order valence-electron chi connectivity index (χ1n) is 7.23. The Balaban J connectivity index is -0.000000376. The summed E-state index contributed by atoms with van der Waals surface area (Å²) in [6.07, 6.45) is 2.66. The third-order valence-electron chi connectivity index (χ3n) is 3.89. The lowest BCUT2D eigenvalue weighted by molar-refractivity contribution is 0.0589. The molecule has 0 spiro atoms. The van der Waals surface area contributed by atoms with Crippen molar-refractivity contribution >= 4 is 0 Å². The number of hydrogen-bond donors (Lipinski definition) is 0. The molecule has 0 saturated heterocycles. The van der Waals surface area contributed by atoms with E-state index in [0.29, 0.717) is 10.8 Å². The Labute approximate surface area is 106 Å². The van der Waals surface area contributed by atoms with Crippen molar-refractivity contribution in [1.29, 1.82) is 0 Å². The van der Waals surface area contributed by atoms with Gasteiger partial charge >= 0.3 is 0 Å². The summed E-state index contributed by atoms with van der Waals surface area (Å²) in [5.41, 5.74) is 0.866. The minimum absolute atomic E-state index is 0.418. The molecule has 0 nitrogen and oxygen atoms in total. The van der Waals surface area contributed by atoms with E-state index in [-0.39, 0.29) is 0 Å². The van der Waals surface area contributed by atoms with Crippen molar-refractivity contribution in [2.45, 2.75) is 89.0 Å². The molecule has 102 valence electrons. The van der Waals surface area contributed by atoms with Crippen molar-refractivity contribution < 1.29 is 0 Å². The quantitative estimate of drug-likeness (QED) is 0.516. The average molecular weight is 230 g/mol. The van der Waals surface area contributed by atoms with Gasteiger partial charge in [0.2, 0.25) is 0 Å². The van der Waals surface area contributed by atoms with E-state index in [1.165, 1.54) is 12.8 Å². The van der Waals surface area contributed by atoms with Gasteiger partial charge in [0.15, 0.2) is 0 Å². The lowest BCUT2D eigenvalue weighted by Crippen LogP contribution is -2.35. The fourth-order valence-electron chi connectivity index (χ4n) is 1.53. The SMILES string of the molecule is CC.CC.CCCC(C)C(C)(C)C(C)(C)C. The minimum Gasteiger partial charge on any atom is -0.0683 e. The van der Waals surface area contributed by atoms with Crippen LogP contribution >= 0.6 is 0 Å². The zero-order valence-electron chi connectivity index (χ0n) is 14.0. The molecule has 0 N–H and O–H groups in total. The molecule has 0 amide bonds. The van der Waals surface area contributed by atoms with Gasteiger partial charge in [-0.15, -0.1) is 0 Å². The summed E-state index contributed by atoms with van der Waals surface area (Å²) >= 11 is 0. The second-order valence-electron chi connectivity index (χ2n) is 5.66. The molecule has 1 atom stereocenters. The summed E-state index contributed by atoms with van der Waals surface area (Å²) in [5.74, 6) is 0.822. The highest BCUT2D eigenvalue weighted by atomic mass is 14.4. The van der Waals surface area contributed by atoms with Crippen LogP contribution in [0.25, 0.3) is 0 Å². The molecule has 1 unspecified atom stereocenters. The minimum atomic E-state index is 0.418. The summed E-state index contributed by atoms with van der Waals surface area (Å²) in [6.45, 7) is 24.5. The molecule has 0 aliphatic heterocycles. The molecule has 0 aromatic carbocycles. The van der Waals surface area contributed by atoms with Crippen LogP contribution in [0.2, 0.25) is 0 Å². The van der Waals surface area contributed by atoms with Crippen molar-refractivity contribution in [3.63, 3.8) is 0 Å². The topological polar surface area (TPSA) is 0 Å². The molecule has 16 heavy (non-hydrogen) atoms. The summed E-state index contributed by atoms with van der Waals surface area (Å²) < 4.78 is 0. The van der Waals surface area contributed by atoms with Crippen LogP contribution in [0, 0.1) is 16.7 Å². The van der Waals surface area contributed by atoms with Crippen LogP contribution < -0.4 is 0 Å². The molecule has 0 aromatic rings. The number of hydrogen-bond acceptors (Lipinski definition) is 0. The van der Waals surface area contributed by atoms with E-state index in [1.807, 2.05) is 27.7 Å². The highest BCUT2D eigenvalue weighted by Gasteiger charge is 2.36. The zero-order chi connectivity index (χ0) is 14.0. The third-order valence-corrected chi connectivity index (χ3v) is 3.89.